The number of fused-ring (bicyclic) bond motifs is 2. The van der Waals surface area contributed by atoms with Crippen molar-refractivity contribution < 1.29 is 31.4 Å². The number of aliphatic imine (C=N–C) groups is 1. The van der Waals surface area contributed by atoms with Crippen LogP contribution in [-0.4, -0.2) is 22.3 Å². The molecule has 3 unspecified atom stereocenters. The fourth-order valence-electron chi connectivity index (χ4n) is 6.13. The lowest BCUT2D eigenvalue weighted by molar-refractivity contribution is -0.141. The Morgan fingerprint density at radius 2 is 1.82 bits per heavy atom. The number of benzene rings is 1. The zero-order valence-corrected chi connectivity index (χ0v) is 21.8. The summed E-state index contributed by atoms with van der Waals surface area (Å²) in [5.74, 6) is -0.0281. The summed E-state index contributed by atoms with van der Waals surface area (Å²) < 4.78 is 79.3. The van der Waals surface area contributed by atoms with Gasteiger partial charge < -0.3 is 14.4 Å². The maximum Gasteiger partial charge on any atom is 0.433 e. The van der Waals surface area contributed by atoms with Crippen molar-refractivity contribution in [2.75, 3.05) is 6.54 Å². The van der Waals surface area contributed by atoms with Crippen LogP contribution in [0.15, 0.2) is 58.6 Å². The van der Waals surface area contributed by atoms with Gasteiger partial charge in [0.15, 0.2) is 17.4 Å². The molecule has 2 aliphatic carbocycles. The van der Waals surface area contributed by atoms with E-state index in [1.807, 2.05) is 6.08 Å². The van der Waals surface area contributed by atoms with Crippen molar-refractivity contribution >= 4 is 5.90 Å². The van der Waals surface area contributed by atoms with Crippen LogP contribution in [0.25, 0.3) is 0 Å². The third-order valence-corrected chi connectivity index (χ3v) is 8.09. The molecule has 6 rings (SSSR count). The molecule has 0 N–H and O–H groups in total. The van der Waals surface area contributed by atoms with E-state index in [2.05, 4.69) is 30.7 Å². The second-order valence-electron chi connectivity index (χ2n) is 11.5. The zero-order chi connectivity index (χ0) is 27.7. The van der Waals surface area contributed by atoms with Crippen LogP contribution in [0, 0.1) is 34.8 Å². The largest absolute Gasteiger partial charge is 0.473 e. The molecule has 206 valence electrons. The van der Waals surface area contributed by atoms with Gasteiger partial charge in [-0.15, -0.1) is 0 Å². The van der Waals surface area contributed by atoms with Gasteiger partial charge in [-0.1, -0.05) is 20.8 Å². The van der Waals surface area contributed by atoms with Gasteiger partial charge in [0, 0.05) is 30.6 Å². The molecule has 2 saturated carbocycles. The van der Waals surface area contributed by atoms with E-state index in [0.717, 1.165) is 61.7 Å². The van der Waals surface area contributed by atoms with E-state index in [9.17, 15) is 22.0 Å². The molecule has 2 aromatic rings. The number of aromatic nitrogens is 1. The Bertz CT molecular complexity index is 1400. The van der Waals surface area contributed by atoms with Crippen LogP contribution in [0.5, 0.6) is 11.5 Å². The lowest BCUT2D eigenvalue weighted by Gasteiger charge is -2.36. The van der Waals surface area contributed by atoms with Crippen LogP contribution in [0.2, 0.25) is 0 Å². The number of hydrogen-bond acceptors (Lipinski definition) is 5. The van der Waals surface area contributed by atoms with E-state index < -0.39 is 29.3 Å². The van der Waals surface area contributed by atoms with Crippen LogP contribution in [0.1, 0.15) is 51.3 Å². The van der Waals surface area contributed by atoms with Gasteiger partial charge in [0.05, 0.1) is 0 Å². The van der Waals surface area contributed by atoms with Gasteiger partial charge >= 0.3 is 6.18 Å². The molecular formula is C29H28F5N3O2. The first kappa shape index (κ1) is 25.8. The molecule has 3 heterocycles. The first-order valence-corrected chi connectivity index (χ1v) is 13.0. The van der Waals surface area contributed by atoms with Crippen LogP contribution in [0.4, 0.5) is 22.0 Å². The van der Waals surface area contributed by atoms with Crippen LogP contribution in [-0.2, 0) is 17.5 Å². The average molecular weight is 546 g/mol. The molecule has 3 fully saturated rings. The van der Waals surface area contributed by atoms with E-state index in [-0.39, 0.29) is 23.3 Å². The first-order valence-electron chi connectivity index (χ1n) is 13.0. The predicted octanol–water partition coefficient (Wildman–Crippen LogP) is 7.60. The van der Waals surface area contributed by atoms with Gasteiger partial charge in [-0.2, -0.15) is 18.2 Å². The van der Waals surface area contributed by atoms with E-state index in [1.54, 1.807) is 0 Å². The van der Waals surface area contributed by atoms with Crippen molar-refractivity contribution in [3.8, 4) is 11.5 Å². The van der Waals surface area contributed by atoms with Crippen molar-refractivity contribution in [1.82, 2.24) is 9.88 Å². The minimum atomic E-state index is -4.72. The third kappa shape index (κ3) is 5.01. The molecule has 0 amide bonds. The molecule has 0 spiro atoms. The Morgan fingerprint density at radius 3 is 2.49 bits per heavy atom. The molecular weight excluding hydrogens is 517 g/mol. The van der Waals surface area contributed by atoms with Crippen molar-refractivity contribution in [2.45, 2.75) is 52.8 Å². The molecule has 0 radical (unpaired) electrons. The Balaban J connectivity index is 1.19. The van der Waals surface area contributed by atoms with Crippen LogP contribution in [0.3, 0.4) is 0 Å². The molecule has 2 aliphatic heterocycles. The van der Waals surface area contributed by atoms with Gasteiger partial charge in [0.1, 0.15) is 23.9 Å². The average Bonchev–Trinajstić information content (AvgIpc) is 3.78. The number of ether oxygens (including phenoxy) is 2. The normalized spacial score (nSPS) is 25.2. The summed E-state index contributed by atoms with van der Waals surface area (Å²) in [6.45, 7) is 7.70. The van der Waals surface area contributed by atoms with Gasteiger partial charge in [-0.05, 0) is 71.8 Å². The van der Waals surface area contributed by atoms with Gasteiger partial charge in [-0.3, -0.25) is 4.98 Å². The predicted molar refractivity (Wildman–Crippen MR) is 133 cm³/mol. The van der Waals surface area contributed by atoms with Crippen molar-refractivity contribution in [2.24, 2.45) is 28.2 Å². The van der Waals surface area contributed by atoms with E-state index in [1.165, 1.54) is 5.57 Å². The zero-order valence-electron chi connectivity index (χ0n) is 21.8. The molecule has 4 aliphatic rings. The fourth-order valence-corrected chi connectivity index (χ4v) is 6.13. The highest BCUT2D eigenvalue weighted by atomic mass is 19.4. The number of rotatable bonds is 4. The third-order valence-electron chi connectivity index (χ3n) is 8.09. The maximum atomic E-state index is 14.8. The second-order valence-corrected chi connectivity index (χ2v) is 11.5. The lowest BCUT2D eigenvalue weighted by atomic mass is 9.85. The lowest BCUT2D eigenvalue weighted by Crippen LogP contribution is -2.35. The van der Waals surface area contributed by atoms with Crippen molar-refractivity contribution in [1.29, 1.82) is 0 Å². The Morgan fingerprint density at radius 1 is 1.10 bits per heavy atom. The van der Waals surface area contributed by atoms with E-state index in [4.69, 9.17) is 14.5 Å². The van der Waals surface area contributed by atoms with Crippen molar-refractivity contribution in [3.05, 3.63) is 76.5 Å². The number of allylic oxidation sites excluding steroid dienone is 2. The smallest absolute Gasteiger partial charge is 0.433 e. The Hall–Kier alpha value is -3.43. The summed E-state index contributed by atoms with van der Waals surface area (Å²) in [5, 5.41) is 0. The number of alkyl halides is 3. The summed E-state index contributed by atoms with van der Waals surface area (Å²) in [6.07, 6.45) is 1.02. The topological polar surface area (TPSA) is 47.0 Å². The highest BCUT2D eigenvalue weighted by molar-refractivity contribution is 5.90. The highest BCUT2D eigenvalue weighted by Crippen LogP contribution is 2.61. The minimum absolute atomic E-state index is 0.138. The molecule has 10 heteroatoms. The Kier molecular flexibility index (Phi) is 6.00. The van der Waals surface area contributed by atoms with Gasteiger partial charge in [-0.25, -0.2) is 8.78 Å². The Labute approximate surface area is 223 Å². The molecule has 1 saturated heterocycles. The summed E-state index contributed by atoms with van der Waals surface area (Å²) in [4.78, 5) is 10.3. The quantitative estimate of drug-likeness (QED) is 0.371. The molecule has 0 bridgehead atoms. The van der Waals surface area contributed by atoms with Crippen LogP contribution >= 0.6 is 0 Å². The van der Waals surface area contributed by atoms with Crippen molar-refractivity contribution in [3.63, 3.8) is 0 Å². The number of hydrogen-bond donors (Lipinski definition) is 0. The molecule has 5 nitrogen and oxygen atoms in total. The maximum absolute atomic E-state index is 14.8. The monoisotopic (exact) mass is 545 g/mol. The van der Waals surface area contributed by atoms with Gasteiger partial charge in [0.25, 0.3) is 0 Å². The summed E-state index contributed by atoms with van der Waals surface area (Å²) in [7, 11) is 0. The summed E-state index contributed by atoms with van der Waals surface area (Å²) in [5.41, 5.74) is 1.58. The SMILES string of the molecule is CC1C2CC3=CC(OCc4cc(F)c(Oc5ccnc(C(F)(F)F)c5)c(F)c4)=NC(=C4CC4)N3CC(C)(C)C12. The van der Waals surface area contributed by atoms with Gasteiger partial charge in [0.2, 0.25) is 5.90 Å². The minimum Gasteiger partial charge on any atom is -0.473 e. The highest BCUT2D eigenvalue weighted by Gasteiger charge is 2.57. The molecule has 1 aromatic heterocycles. The van der Waals surface area contributed by atoms with E-state index >= 15 is 0 Å². The van der Waals surface area contributed by atoms with Crippen LogP contribution < -0.4 is 4.74 Å². The summed E-state index contributed by atoms with van der Waals surface area (Å²) in [6, 6.07) is 3.75. The standard InChI is InChI=1S/C29H28F5N3O2/c1-15-20-10-18-11-24(36-27(17-4-5-17)37(18)14-28(2,3)25(15)20)38-13-16-8-21(30)26(22(31)9-16)39-19-6-7-35-23(12-19)29(32,33)34/h6-9,11-12,15,20,25H,4-5,10,13-14H2,1-3H3. The number of halogens is 5. The molecule has 3 atom stereocenters. The summed E-state index contributed by atoms with van der Waals surface area (Å²) >= 11 is 0. The first-order chi connectivity index (χ1) is 18.4. The second kappa shape index (κ2) is 9.06. The molecule has 1 aromatic carbocycles. The van der Waals surface area contributed by atoms with E-state index in [0.29, 0.717) is 29.7 Å². The molecule has 39 heavy (non-hydrogen) atoms. The number of nitrogens with zero attached hydrogens (tertiary/aromatic N) is 3. The fraction of sp³-hybridized carbons (Fsp3) is 0.448. The number of pyridine rings is 1.